The topological polar surface area (TPSA) is 86.8 Å². The average Bonchev–Trinajstić information content (AvgIpc) is 2.85. The summed E-state index contributed by atoms with van der Waals surface area (Å²) in [6.45, 7) is -0.748. The lowest BCUT2D eigenvalue weighted by Gasteiger charge is -2.33. The van der Waals surface area contributed by atoms with E-state index in [1.807, 2.05) is 30.3 Å². The number of nitrogens with one attached hydrogen (secondary N) is 1. The molecule has 3 aromatic carbocycles. The number of halogens is 1. The number of nitrogens with zero attached hydrogens (tertiary/aromatic N) is 2. The third-order valence-corrected chi connectivity index (χ3v) is 6.68. The number of benzene rings is 3. The van der Waals surface area contributed by atoms with Crippen LogP contribution in [0.5, 0.6) is 0 Å². The number of hydrogen-bond donors (Lipinski definition) is 1. The molecule has 0 aliphatic heterocycles. The molecule has 0 radical (unpaired) electrons. The Bertz CT molecular complexity index is 1250. The summed E-state index contributed by atoms with van der Waals surface area (Å²) in [5.74, 6) is -1.60. The van der Waals surface area contributed by atoms with Gasteiger partial charge in [-0.2, -0.15) is 0 Å². The zero-order chi connectivity index (χ0) is 25.4. The molecule has 0 heterocycles. The van der Waals surface area contributed by atoms with Crippen molar-refractivity contribution in [3.63, 3.8) is 0 Å². The van der Waals surface area contributed by atoms with Crippen LogP contribution in [0.3, 0.4) is 0 Å². The van der Waals surface area contributed by atoms with Crippen LogP contribution in [0.4, 0.5) is 10.1 Å². The zero-order valence-electron chi connectivity index (χ0n) is 19.6. The highest BCUT2D eigenvalue weighted by molar-refractivity contribution is 7.92. The summed E-state index contributed by atoms with van der Waals surface area (Å²) in [4.78, 5) is 27.9. The van der Waals surface area contributed by atoms with Crippen LogP contribution in [0.25, 0.3) is 0 Å². The Morgan fingerprint density at radius 3 is 2.06 bits per heavy atom. The van der Waals surface area contributed by atoms with Crippen LogP contribution in [-0.2, 0) is 32.6 Å². The molecule has 0 aromatic heterocycles. The monoisotopic (exact) mass is 497 g/mol. The van der Waals surface area contributed by atoms with E-state index in [0.717, 1.165) is 16.1 Å². The van der Waals surface area contributed by atoms with Crippen LogP contribution in [0, 0.1) is 5.82 Å². The first kappa shape index (κ1) is 25.9. The molecular weight excluding hydrogens is 469 g/mol. The summed E-state index contributed by atoms with van der Waals surface area (Å²) in [6, 6.07) is 22.3. The highest BCUT2D eigenvalue weighted by Crippen LogP contribution is 2.20. The minimum atomic E-state index is -3.83. The Morgan fingerprint density at radius 1 is 0.914 bits per heavy atom. The maximum absolute atomic E-state index is 14.6. The van der Waals surface area contributed by atoms with Gasteiger partial charge in [0.25, 0.3) is 0 Å². The van der Waals surface area contributed by atoms with Gasteiger partial charge in [-0.15, -0.1) is 0 Å². The summed E-state index contributed by atoms with van der Waals surface area (Å²) in [7, 11) is -2.37. The Hall–Kier alpha value is -3.72. The second-order valence-electron chi connectivity index (χ2n) is 8.04. The molecule has 0 bridgehead atoms. The van der Waals surface area contributed by atoms with E-state index in [4.69, 9.17) is 0 Å². The van der Waals surface area contributed by atoms with Gasteiger partial charge < -0.3 is 10.2 Å². The van der Waals surface area contributed by atoms with Gasteiger partial charge in [0.2, 0.25) is 21.8 Å². The number of para-hydroxylation sites is 1. The van der Waals surface area contributed by atoms with E-state index in [-0.39, 0.29) is 18.5 Å². The van der Waals surface area contributed by atoms with Gasteiger partial charge in [0.1, 0.15) is 18.4 Å². The summed E-state index contributed by atoms with van der Waals surface area (Å²) in [5.41, 5.74) is 1.33. The molecule has 184 valence electrons. The van der Waals surface area contributed by atoms with E-state index in [2.05, 4.69) is 5.32 Å². The number of anilines is 1. The molecule has 1 atom stereocenters. The fourth-order valence-corrected chi connectivity index (χ4v) is 4.59. The molecule has 0 aliphatic carbocycles. The molecule has 0 unspecified atom stereocenters. The predicted octanol–water partition coefficient (Wildman–Crippen LogP) is 2.98. The second kappa shape index (κ2) is 11.6. The van der Waals surface area contributed by atoms with Crippen molar-refractivity contribution in [2.45, 2.75) is 19.0 Å². The number of sulfonamides is 1. The van der Waals surface area contributed by atoms with Crippen LogP contribution in [0.15, 0.2) is 84.9 Å². The number of carbonyl (C=O) groups excluding carboxylic acids is 2. The third kappa shape index (κ3) is 6.89. The minimum Gasteiger partial charge on any atom is -0.357 e. The van der Waals surface area contributed by atoms with Gasteiger partial charge in [0.05, 0.1) is 11.9 Å². The summed E-state index contributed by atoms with van der Waals surface area (Å²) in [5, 5.41) is 2.58. The Kier molecular flexibility index (Phi) is 8.59. The van der Waals surface area contributed by atoms with Gasteiger partial charge in [0, 0.05) is 25.6 Å². The van der Waals surface area contributed by atoms with E-state index < -0.39 is 40.2 Å². The van der Waals surface area contributed by atoms with E-state index in [9.17, 15) is 22.4 Å². The van der Waals surface area contributed by atoms with Gasteiger partial charge >= 0.3 is 0 Å². The first-order chi connectivity index (χ1) is 16.7. The van der Waals surface area contributed by atoms with E-state index in [1.54, 1.807) is 36.4 Å². The van der Waals surface area contributed by atoms with Crippen molar-refractivity contribution >= 4 is 27.5 Å². The second-order valence-corrected chi connectivity index (χ2v) is 9.94. The minimum absolute atomic E-state index is 0.172. The van der Waals surface area contributed by atoms with E-state index >= 15 is 0 Å². The van der Waals surface area contributed by atoms with Crippen LogP contribution < -0.4 is 9.62 Å². The average molecular weight is 498 g/mol. The highest BCUT2D eigenvalue weighted by Gasteiger charge is 2.33. The molecule has 0 aliphatic rings. The molecule has 0 spiro atoms. The lowest BCUT2D eigenvalue weighted by Crippen LogP contribution is -2.53. The molecule has 7 nitrogen and oxygen atoms in total. The van der Waals surface area contributed by atoms with Crippen molar-refractivity contribution in [3.05, 3.63) is 102 Å². The zero-order valence-corrected chi connectivity index (χ0v) is 20.4. The summed E-state index contributed by atoms with van der Waals surface area (Å²) in [6.07, 6.45) is 1.18. The summed E-state index contributed by atoms with van der Waals surface area (Å²) < 4.78 is 40.7. The molecule has 0 fully saturated rings. The lowest BCUT2D eigenvalue weighted by atomic mass is 10.0. The number of likely N-dealkylation sites (N-methyl/N-ethyl adjacent to an activating group) is 1. The molecule has 0 saturated carbocycles. The fourth-order valence-electron chi connectivity index (χ4n) is 3.74. The first-order valence-electron chi connectivity index (χ1n) is 11.0. The van der Waals surface area contributed by atoms with Crippen molar-refractivity contribution in [1.29, 1.82) is 0 Å². The maximum atomic E-state index is 14.6. The molecular formula is C26H28FN3O4S. The number of amides is 2. The number of carbonyl (C=O) groups is 2. The molecule has 0 saturated heterocycles. The maximum Gasteiger partial charge on any atom is 0.244 e. The molecule has 2 amide bonds. The molecule has 3 aromatic rings. The normalized spacial score (nSPS) is 12.0. The SMILES string of the molecule is CNC(=O)[C@H](Cc1ccccc1)N(Cc1ccccc1F)C(=O)CN(c1ccccc1)S(C)(=O)=O. The molecule has 3 rings (SSSR count). The van der Waals surface area contributed by atoms with Gasteiger partial charge in [-0.25, -0.2) is 12.8 Å². The Morgan fingerprint density at radius 2 is 1.49 bits per heavy atom. The van der Waals surface area contributed by atoms with Crippen molar-refractivity contribution < 1.29 is 22.4 Å². The fraction of sp³-hybridized carbons (Fsp3) is 0.231. The lowest BCUT2D eigenvalue weighted by molar-refractivity contribution is -0.139. The van der Waals surface area contributed by atoms with E-state index in [0.29, 0.717) is 5.69 Å². The van der Waals surface area contributed by atoms with Crippen molar-refractivity contribution in [2.24, 2.45) is 0 Å². The molecule has 1 N–H and O–H groups in total. The van der Waals surface area contributed by atoms with Gasteiger partial charge in [0.15, 0.2) is 0 Å². The van der Waals surface area contributed by atoms with Crippen LogP contribution in [0.2, 0.25) is 0 Å². The van der Waals surface area contributed by atoms with Crippen molar-refractivity contribution in [2.75, 3.05) is 24.2 Å². The van der Waals surface area contributed by atoms with Crippen molar-refractivity contribution in [1.82, 2.24) is 10.2 Å². The highest BCUT2D eigenvalue weighted by atomic mass is 32.2. The summed E-state index contributed by atoms with van der Waals surface area (Å²) >= 11 is 0. The smallest absolute Gasteiger partial charge is 0.244 e. The first-order valence-corrected chi connectivity index (χ1v) is 12.9. The Labute approximate surface area is 205 Å². The molecule has 9 heteroatoms. The van der Waals surface area contributed by atoms with Gasteiger partial charge in [-0.05, 0) is 23.8 Å². The number of rotatable bonds is 10. The van der Waals surface area contributed by atoms with Crippen LogP contribution in [0.1, 0.15) is 11.1 Å². The van der Waals surface area contributed by atoms with Gasteiger partial charge in [-0.1, -0.05) is 66.7 Å². The van der Waals surface area contributed by atoms with Crippen molar-refractivity contribution in [3.8, 4) is 0 Å². The number of hydrogen-bond acceptors (Lipinski definition) is 4. The van der Waals surface area contributed by atoms with E-state index in [1.165, 1.54) is 30.1 Å². The van der Waals surface area contributed by atoms with Gasteiger partial charge in [-0.3, -0.25) is 13.9 Å². The quantitative estimate of drug-likeness (QED) is 0.467. The molecule has 35 heavy (non-hydrogen) atoms. The third-order valence-electron chi connectivity index (χ3n) is 5.54. The predicted molar refractivity (Wildman–Crippen MR) is 134 cm³/mol. The largest absolute Gasteiger partial charge is 0.357 e. The Balaban J connectivity index is 2.02. The van der Waals surface area contributed by atoms with Crippen LogP contribution >= 0.6 is 0 Å². The standard InChI is InChI=1S/C26H28FN3O4S/c1-28-26(32)24(17-20-11-5-3-6-12-20)29(18-21-13-9-10-16-23(21)27)25(31)19-30(35(2,33)34)22-14-7-4-8-15-22/h3-16,24H,17-19H2,1-2H3,(H,28,32)/t24-/m0/s1. The van der Waals surface area contributed by atoms with Crippen LogP contribution in [-0.4, -0.2) is 51.0 Å².